The number of fused-ring (bicyclic) bond motifs is 1. The lowest BCUT2D eigenvalue weighted by molar-refractivity contribution is -0.174. The summed E-state index contributed by atoms with van der Waals surface area (Å²) in [4.78, 5) is 22.2. The van der Waals surface area contributed by atoms with E-state index in [1.54, 1.807) is 12.2 Å². The van der Waals surface area contributed by atoms with Crippen LogP contribution in [-0.2, 0) is 14.3 Å². The highest BCUT2D eigenvalue weighted by molar-refractivity contribution is 5.99. The van der Waals surface area contributed by atoms with Crippen LogP contribution >= 0.6 is 0 Å². The van der Waals surface area contributed by atoms with Gasteiger partial charge in [0, 0.05) is 19.3 Å². The quantitative estimate of drug-likeness (QED) is 0.563. The number of allylic oxidation sites excluding steroid dienone is 2. The molecule has 1 saturated carbocycles. The first-order valence-electron chi connectivity index (χ1n) is 4.24. The van der Waals surface area contributed by atoms with Gasteiger partial charge in [-0.25, -0.2) is 0 Å². The zero-order chi connectivity index (χ0) is 9.47. The molecule has 2 rings (SSSR count). The first kappa shape index (κ1) is 8.23. The zero-order valence-electron chi connectivity index (χ0n) is 7.32. The molecule has 0 saturated heterocycles. The smallest absolute Gasteiger partial charge is 0.303 e. The Balaban J connectivity index is 2.27. The fourth-order valence-electron chi connectivity index (χ4n) is 1.82. The van der Waals surface area contributed by atoms with E-state index in [2.05, 4.69) is 0 Å². The summed E-state index contributed by atoms with van der Waals surface area (Å²) in [6.07, 6.45) is 7.68. The van der Waals surface area contributed by atoms with Crippen molar-refractivity contribution < 1.29 is 14.3 Å². The molecule has 3 nitrogen and oxygen atoms in total. The van der Waals surface area contributed by atoms with Crippen molar-refractivity contribution in [2.75, 3.05) is 0 Å². The molecule has 3 heteroatoms. The van der Waals surface area contributed by atoms with Gasteiger partial charge in [0.15, 0.2) is 11.4 Å². The van der Waals surface area contributed by atoms with Crippen LogP contribution < -0.4 is 0 Å². The van der Waals surface area contributed by atoms with Crippen LogP contribution in [0.1, 0.15) is 13.3 Å². The molecule has 0 aromatic heterocycles. The van der Waals surface area contributed by atoms with Crippen molar-refractivity contribution in [3.8, 4) is 0 Å². The third-order valence-corrected chi connectivity index (χ3v) is 2.50. The van der Waals surface area contributed by atoms with Crippen molar-refractivity contribution >= 4 is 11.8 Å². The van der Waals surface area contributed by atoms with Crippen LogP contribution in [0.3, 0.4) is 0 Å². The van der Waals surface area contributed by atoms with Crippen LogP contribution in [0, 0.1) is 5.92 Å². The van der Waals surface area contributed by atoms with Gasteiger partial charge < -0.3 is 4.74 Å². The maximum Gasteiger partial charge on any atom is 0.303 e. The number of carbonyl (C=O) groups excluding carboxylic acids is 2. The number of carbonyl (C=O) groups is 2. The fraction of sp³-hybridized carbons (Fsp3) is 0.400. The Morgan fingerprint density at radius 1 is 1.62 bits per heavy atom. The molecule has 0 aromatic carbocycles. The van der Waals surface area contributed by atoms with Gasteiger partial charge in [-0.1, -0.05) is 18.2 Å². The van der Waals surface area contributed by atoms with E-state index in [0.29, 0.717) is 6.42 Å². The van der Waals surface area contributed by atoms with Crippen molar-refractivity contribution in [3.05, 3.63) is 24.3 Å². The van der Waals surface area contributed by atoms with E-state index in [1.807, 2.05) is 12.2 Å². The zero-order valence-corrected chi connectivity index (χ0v) is 7.32. The predicted octanol–water partition coefficient (Wildman–Crippen LogP) is 1.00. The maximum absolute atomic E-state index is 11.4. The molecular formula is C10H10O3. The van der Waals surface area contributed by atoms with Gasteiger partial charge in [-0.05, 0) is 6.08 Å². The molecule has 0 aliphatic heterocycles. The number of ketones is 1. The summed E-state index contributed by atoms with van der Waals surface area (Å²) in [7, 11) is 0. The molecule has 0 N–H and O–H groups in total. The highest BCUT2D eigenvalue weighted by Crippen LogP contribution is 2.42. The number of ether oxygens (including phenoxy) is 1. The van der Waals surface area contributed by atoms with Gasteiger partial charge in [0.2, 0.25) is 0 Å². The summed E-state index contributed by atoms with van der Waals surface area (Å²) in [5, 5.41) is 0. The molecule has 1 fully saturated rings. The summed E-state index contributed by atoms with van der Waals surface area (Å²) >= 11 is 0. The van der Waals surface area contributed by atoms with Gasteiger partial charge in [0.25, 0.3) is 0 Å². The van der Waals surface area contributed by atoms with E-state index in [1.165, 1.54) is 6.92 Å². The molecule has 68 valence electrons. The molecule has 0 spiro atoms. The van der Waals surface area contributed by atoms with Crippen LogP contribution in [0.15, 0.2) is 24.3 Å². The van der Waals surface area contributed by atoms with Crippen LogP contribution in [0.25, 0.3) is 0 Å². The second-order valence-electron chi connectivity index (χ2n) is 3.36. The van der Waals surface area contributed by atoms with E-state index < -0.39 is 11.6 Å². The molecule has 2 atom stereocenters. The third kappa shape index (κ3) is 1.03. The van der Waals surface area contributed by atoms with Crippen LogP contribution in [0.2, 0.25) is 0 Å². The van der Waals surface area contributed by atoms with E-state index in [9.17, 15) is 9.59 Å². The van der Waals surface area contributed by atoms with E-state index in [0.717, 1.165) is 0 Å². The molecule has 2 aliphatic carbocycles. The minimum Gasteiger partial charge on any atom is -0.446 e. The van der Waals surface area contributed by atoms with Gasteiger partial charge in [-0.2, -0.15) is 0 Å². The predicted molar refractivity (Wildman–Crippen MR) is 45.9 cm³/mol. The monoisotopic (exact) mass is 178 g/mol. The van der Waals surface area contributed by atoms with Gasteiger partial charge in [-0.3, -0.25) is 9.59 Å². The highest BCUT2D eigenvalue weighted by atomic mass is 16.6. The van der Waals surface area contributed by atoms with Crippen LogP contribution in [0.5, 0.6) is 0 Å². The van der Waals surface area contributed by atoms with Crippen molar-refractivity contribution in [1.82, 2.24) is 0 Å². The van der Waals surface area contributed by atoms with Gasteiger partial charge in [0.1, 0.15) is 0 Å². The lowest BCUT2D eigenvalue weighted by Gasteiger charge is -2.44. The second kappa shape index (κ2) is 2.55. The number of hydrogen-bond donors (Lipinski definition) is 0. The highest BCUT2D eigenvalue weighted by Gasteiger charge is 2.55. The standard InChI is InChI=1S/C10H10O3/c1-7(11)13-10-5-3-2-4-8(10)6-9(10)12/h2-5,8H,6H2,1H3. The molecule has 0 radical (unpaired) electrons. The minimum atomic E-state index is -0.958. The molecule has 0 aromatic rings. The van der Waals surface area contributed by atoms with Gasteiger partial charge in [0.05, 0.1) is 0 Å². The first-order valence-corrected chi connectivity index (χ1v) is 4.24. The number of esters is 1. The SMILES string of the molecule is CC(=O)OC12C=CC=CC1CC2=O. The van der Waals surface area contributed by atoms with Crippen molar-refractivity contribution in [1.29, 1.82) is 0 Å². The largest absolute Gasteiger partial charge is 0.446 e. The van der Waals surface area contributed by atoms with Crippen molar-refractivity contribution in [3.63, 3.8) is 0 Å². The summed E-state index contributed by atoms with van der Waals surface area (Å²) in [6.45, 7) is 1.32. The van der Waals surface area contributed by atoms with Gasteiger partial charge >= 0.3 is 5.97 Å². The average molecular weight is 178 g/mol. The molecule has 0 bridgehead atoms. The Morgan fingerprint density at radius 3 is 2.92 bits per heavy atom. The Labute approximate surface area is 76.1 Å². The number of hydrogen-bond acceptors (Lipinski definition) is 3. The summed E-state index contributed by atoms with van der Waals surface area (Å²) in [5.74, 6) is -0.361. The van der Waals surface area contributed by atoms with Gasteiger partial charge in [-0.15, -0.1) is 0 Å². The fourth-order valence-corrected chi connectivity index (χ4v) is 1.82. The number of rotatable bonds is 1. The lowest BCUT2D eigenvalue weighted by Crippen LogP contribution is -2.57. The summed E-state index contributed by atoms with van der Waals surface area (Å²) in [6, 6.07) is 0. The van der Waals surface area contributed by atoms with Crippen LogP contribution in [-0.4, -0.2) is 17.4 Å². The molecule has 13 heavy (non-hydrogen) atoms. The molecule has 2 unspecified atom stereocenters. The van der Waals surface area contributed by atoms with E-state index >= 15 is 0 Å². The Kier molecular flexibility index (Phi) is 1.62. The minimum absolute atomic E-state index is 0.00620. The van der Waals surface area contributed by atoms with Crippen molar-refractivity contribution in [2.45, 2.75) is 18.9 Å². The second-order valence-corrected chi connectivity index (χ2v) is 3.36. The normalized spacial score (nSPS) is 35.2. The molecular weight excluding hydrogens is 168 g/mol. The first-order chi connectivity index (χ1) is 6.15. The summed E-state index contributed by atoms with van der Waals surface area (Å²) in [5.41, 5.74) is -0.958. The molecule has 2 aliphatic rings. The van der Waals surface area contributed by atoms with E-state index in [4.69, 9.17) is 4.74 Å². The third-order valence-electron chi connectivity index (χ3n) is 2.50. The Morgan fingerprint density at radius 2 is 2.38 bits per heavy atom. The van der Waals surface area contributed by atoms with Crippen LogP contribution in [0.4, 0.5) is 0 Å². The molecule has 0 heterocycles. The lowest BCUT2D eigenvalue weighted by atomic mass is 9.66. The molecule has 0 amide bonds. The van der Waals surface area contributed by atoms with E-state index in [-0.39, 0.29) is 11.7 Å². The Bertz CT molecular complexity index is 327. The number of Topliss-reactive ketones (excluding diaryl/α,β-unsaturated/α-hetero) is 1. The van der Waals surface area contributed by atoms with Crippen molar-refractivity contribution in [2.24, 2.45) is 5.92 Å². The average Bonchev–Trinajstić information content (AvgIpc) is 2.06. The maximum atomic E-state index is 11.4. The Hall–Kier alpha value is -1.38. The topological polar surface area (TPSA) is 43.4 Å². The summed E-state index contributed by atoms with van der Waals surface area (Å²) < 4.78 is 5.06.